The second kappa shape index (κ2) is 6.33. The van der Waals surface area contributed by atoms with E-state index in [1.54, 1.807) is 24.3 Å². The molecule has 0 saturated carbocycles. The van der Waals surface area contributed by atoms with E-state index in [0.29, 0.717) is 17.4 Å². The van der Waals surface area contributed by atoms with Crippen LogP contribution in [0.4, 0.5) is 6.01 Å². The van der Waals surface area contributed by atoms with Crippen molar-refractivity contribution < 1.29 is 23.8 Å². The highest BCUT2D eigenvalue weighted by atomic mass is 16.5. The molecule has 2 aromatic rings. The van der Waals surface area contributed by atoms with Crippen molar-refractivity contribution >= 4 is 17.9 Å². The van der Waals surface area contributed by atoms with E-state index in [4.69, 9.17) is 14.3 Å². The topological polar surface area (TPSA) is 115 Å². The zero-order valence-electron chi connectivity index (χ0n) is 10.9. The molecule has 1 aromatic carbocycles. The normalized spacial score (nSPS) is 10.5. The Morgan fingerprint density at radius 3 is 2.76 bits per heavy atom. The highest BCUT2D eigenvalue weighted by molar-refractivity contribution is 6.01. The Labute approximate surface area is 119 Å². The summed E-state index contributed by atoms with van der Waals surface area (Å²) in [5.41, 5.74) is 0.578. The first kappa shape index (κ1) is 14.3. The van der Waals surface area contributed by atoms with Gasteiger partial charge in [-0.25, -0.2) is 4.79 Å². The van der Waals surface area contributed by atoms with Gasteiger partial charge in [0.15, 0.2) is 0 Å². The van der Waals surface area contributed by atoms with E-state index in [2.05, 4.69) is 15.5 Å². The molecule has 8 heteroatoms. The van der Waals surface area contributed by atoms with Gasteiger partial charge in [0, 0.05) is 12.2 Å². The minimum atomic E-state index is -1.23. The summed E-state index contributed by atoms with van der Waals surface area (Å²) in [6.45, 7) is 0. The van der Waals surface area contributed by atoms with Gasteiger partial charge in [0.2, 0.25) is 0 Å². The molecule has 21 heavy (non-hydrogen) atoms. The van der Waals surface area contributed by atoms with E-state index in [0.717, 1.165) is 6.08 Å². The third-order valence-electron chi connectivity index (χ3n) is 2.37. The Morgan fingerprint density at radius 1 is 1.29 bits per heavy atom. The van der Waals surface area contributed by atoms with Crippen LogP contribution in [0.1, 0.15) is 0 Å². The van der Waals surface area contributed by atoms with Crippen LogP contribution < -0.4 is 10.1 Å². The zero-order chi connectivity index (χ0) is 15.2. The zero-order valence-corrected chi connectivity index (χ0v) is 10.9. The van der Waals surface area contributed by atoms with Gasteiger partial charge in [0.1, 0.15) is 5.75 Å². The maximum Gasteiger partial charge on any atom is 0.328 e. The second-order valence-corrected chi connectivity index (χ2v) is 3.77. The number of carboxylic acids is 1. The number of rotatable bonds is 5. The summed E-state index contributed by atoms with van der Waals surface area (Å²) < 4.78 is 10.4. The van der Waals surface area contributed by atoms with E-state index >= 15 is 0 Å². The third kappa shape index (κ3) is 3.66. The molecular weight excluding hydrogens is 278 g/mol. The minimum absolute atomic E-state index is 0.143. The van der Waals surface area contributed by atoms with Gasteiger partial charge in [-0.3, -0.25) is 10.1 Å². The van der Waals surface area contributed by atoms with E-state index < -0.39 is 11.9 Å². The lowest BCUT2D eigenvalue weighted by Gasteiger charge is -2.03. The van der Waals surface area contributed by atoms with E-state index in [1.807, 2.05) is 0 Å². The first-order valence-corrected chi connectivity index (χ1v) is 5.79. The molecule has 0 radical (unpaired) electrons. The predicted octanol–water partition coefficient (Wildman–Crippen LogP) is 1.32. The molecule has 1 heterocycles. The number of carboxylic acid groups (broad SMARTS) is 1. The lowest BCUT2D eigenvalue weighted by atomic mass is 10.2. The third-order valence-corrected chi connectivity index (χ3v) is 2.37. The van der Waals surface area contributed by atoms with Crippen molar-refractivity contribution in [1.29, 1.82) is 0 Å². The van der Waals surface area contributed by atoms with Gasteiger partial charge >= 0.3 is 12.0 Å². The summed E-state index contributed by atoms with van der Waals surface area (Å²) in [5, 5.41) is 18.1. The summed E-state index contributed by atoms with van der Waals surface area (Å²) >= 11 is 0. The number of methoxy groups -OCH3 is 1. The van der Waals surface area contributed by atoms with Crippen molar-refractivity contribution in [2.75, 3.05) is 12.4 Å². The quantitative estimate of drug-likeness (QED) is 0.798. The van der Waals surface area contributed by atoms with Gasteiger partial charge in [0.25, 0.3) is 11.8 Å². The molecule has 0 saturated heterocycles. The van der Waals surface area contributed by atoms with Gasteiger partial charge < -0.3 is 14.3 Å². The first-order chi connectivity index (χ1) is 10.1. The second-order valence-electron chi connectivity index (χ2n) is 3.77. The van der Waals surface area contributed by atoms with Crippen LogP contribution in [0, 0.1) is 0 Å². The summed E-state index contributed by atoms with van der Waals surface area (Å²) in [6.07, 6.45) is 1.54. The van der Waals surface area contributed by atoms with Crippen LogP contribution in [0.5, 0.6) is 5.75 Å². The van der Waals surface area contributed by atoms with Crippen molar-refractivity contribution in [1.82, 2.24) is 10.2 Å². The molecule has 0 atom stereocenters. The Bertz CT molecular complexity index is 693. The Morgan fingerprint density at radius 2 is 2.05 bits per heavy atom. The number of nitrogens with one attached hydrogen (secondary N) is 1. The molecule has 108 valence electrons. The van der Waals surface area contributed by atoms with Gasteiger partial charge in [-0.1, -0.05) is 17.2 Å². The van der Waals surface area contributed by atoms with Gasteiger partial charge in [-0.2, -0.15) is 0 Å². The number of carbonyl (C=O) groups is 2. The van der Waals surface area contributed by atoms with Crippen molar-refractivity contribution in [3.8, 4) is 17.2 Å². The van der Waals surface area contributed by atoms with Crippen molar-refractivity contribution in [3.63, 3.8) is 0 Å². The highest BCUT2D eigenvalue weighted by Gasteiger charge is 2.13. The van der Waals surface area contributed by atoms with Crippen LogP contribution in [0.15, 0.2) is 40.8 Å². The number of carbonyl (C=O) groups excluding carboxylic acids is 1. The molecule has 0 aliphatic rings. The maximum atomic E-state index is 11.4. The lowest BCUT2D eigenvalue weighted by molar-refractivity contribution is -0.131. The molecule has 2 rings (SSSR count). The number of aliphatic carboxylic acids is 1. The number of anilines is 1. The molecule has 1 amide bonds. The Kier molecular flexibility index (Phi) is 4.30. The molecule has 1 aromatic heterocycles. The molecule has 0 spiro atoms. The monoisotopic (exact) mass is 289 g/mol. The lowest BCUT2D eigenvalue weighted by Crippen LogP contribution is -2.08. The van der Waals surface area contributed by atoms with Crippen LogP contribution in [-0.4, -0.2) is 34.3 Å². The number of nitrogens with zero attached hydrogens (tertiary/aromatic N) is 2. The highest BCUT2D eigenvalue weighted by Crippen LogP contribution is 2.29. The maximum absolute atomic E-state index is 11.4. The van der Waals surface area contributed by atoms with Crippen LogP contribution in [-0.2, 0) is 9.59 Å². The van der Waals surface area contributed by atoms with Crippen molar-refractivity contribution in [3.05, 3.63) is 36.4 Å². The average Bonchev–Trinajstić information content (AvgIpc) is 2.93. The van der Waals surface area contributed by atoms with Gasteiger partial charge in [-0.05, 0) is 12.1 Å². The number of aromatic nitrogens is 2. The fourth-order valence-corrected chi connectivity index (χ4v) is 1.50. The van der Waals surface area contributed by atoms with Crippen LogP contribution in [0.2, 0.25) is 0 Å². The number of benzene rings is 1. The molecule has 8 nitrogen and oxygen atoms in total. The number of para-hydroxylation sites is 1. The van der Waals surface area contributed by atoms with Crippen LogP contribution >= 0.6 is 0 Å². The van der Waals surface area contributed by atoms with Gasteiger partial charge in [0.05, 0.1) is 12.7 Å². The standard InChI is InChI=1S/C13H11N3O5/c1-20-9-5-3-2-4-8(9)12-15-16-13(21-12)14-10(17)6-7-11(18)19/h2-7H,1H3,(H,18,19)(H,14,16,17)/b7-6-. The summed E-state index contributed by atoms with van der Waals surface area (Å²) in [5.74, 6) is -1.20. The Balaban J connectivity index is 2.15. The molecular formula is C13H11N3O5. The van der Waals surface area contributed by atoms with Gasteiger partial charge in [-0.15, -0.1) is 5.10 Å². The van der Waals surface area contributed by atoms with Crippen LogP contribution in [0.25, 0.3) is 11.5 Å². The summed E-state index contributed by atoms with van der Waals surface area (Å²) in [6, 6.07) is 6.87. The first-order valence-electron chi connectivity index (χ1n) is 5.79. The largest absolute Gasteiger partial charge is 0.496 e. The minimum Gasteiger partial charge on any atom is -0.496 e. The molecule has 0 aliphatic carbocycles. The molecule has 0 bridgehead atoms. The van der Waals surface area contributed by atoms with E-state index in [9.17, 15) is 9.59 Å². The summed E-state index contributed by atoms with van der Waals surface area (Å²) in [4.78, 5) is 21.7. The number of ether oxygens (including phenoxy) is 1. The predicted molar refractivity (Wildman–Crippen MR) is 71.7 cm³/mol. The van der Waals surface area contributed by atoms with Crippen molar-refractivity contribution in [2.24, 2.45) is 0 Å². The molecule has 2 N–H and O–H groups in total. The molecule has 0 fully saturated rings. The number of amides is 1. The number of hydrogen-bond donors (Lipinski definition) is 2. The van der Waals surface area contributed by atoms with E-state index in [-0.39, 0.29) is 11.9 Å². The Hall–Kier alpha value is -3.16. The SMILES string of the molecule is COc1ccccc1-c1nnc(NC(=O)/C=C\C(=O)O)o1. The average molecular weight is 289 g/mol. The van der Waals surface area contributed by atoms with E-state index in [1.165, 1.54) is 7.11 Å². The smallest absolute Gasteiger partial charge is 0.328 e. The fourth-order valence-electron chi connectivity index (χ4n) is 1.50. The van der Waals surface area contributed by atoms with Crippen molar-refractivity contribution in [2.45, 2.75) is 0 Å². The molecule has 0 unspecified atom stereocenters. The molecule has 0 aliphatic heterocycles. The van der Waals surface area contributed by atoms with Crippen LogP contribution in [0.3, 0.4) is 0 Å². The fraction of sp³-hybridized carbons (Fsp3) is 0.0769. The number of hydrogen-bond acceptors (Lipinski definition) is 6. The summed E-state index contributed by atoms with van der Waals surface area (Å²) in [7, 11) is 1.51.